The summed E-state index contributed by atoms with van der Waals surface area (Å²) in [6.45, 7) is 4.73. The lowest BCUT2D eigenvalue weighted by Crippen LogP contribution is -2.40. The standard InChI is InChI=1S/C64H109NO8/c1-6-8-10-12-14-16-18-20-22-24-26-28-30-31-33-35-37-39-41-43-45-47-49-51-53-55-62(67)73-60(59-72-64(63(68)69)70-57-56-65(3,4)5)58-71-61(66)54-52-50-48-46-44-42-40-38-36-34-32-29-27-25-23-21-19-17-15-13-11-9-7-2/h8,10,14,16,19-22,25-28,31,33,37,39,60,64H,6-7,9,11-13,15,17-18,23-24,29-30,32,34-36,38,40-59H2,1-5H3/p+1/b10-8-,16-14-,21-19-,22-20-,27-25-,28-26-,33-31-,39-37-. The molecule has 0 aliphatic carbocycles. The molecular formula is C64H110NO8+. The van der Waals surface area contributed by atoms with Crippen LogP contribution in [0.1, 0.15) is 232 Å². The number of carboxylic acids is 1. The van der Waals surface area contributed by atoms with E-state index in [2.05, 4.69) is 111 Å². The number of aliphatic carboxylic acids is 1. The van der Waals surface area contributed by atoms with E-state index in [1.165, 1.54) is 96.3 Å². The summed E-state index contributed by atoms with van der Waals surface area (Å²) >= 11 is 0. The second-order valence-corrected chi connectivity index (χ2v) is 20.6. The molecule has 2 atom stereocenters. The van der Waals surface area contributed by atoms with Crippen LogP contribution in [0.4, 0.5) is 0 Å². The molecule has 0 aromatic carbocycles. The summed E-state index contributed by atoms with van der Waals surface area (Å²) in [5.41, 5.74) is 0. The SMILES string of the molecule is CC/C=C\C/C=C\C/C=C\C/C=C\C/C=C\C/C=C\CCCCCCCCC(=O)OC(COC(=O)CCCCCCCCCCCCC/C=C\C/C=C\CCCCCCC)COC(OCC[N+](C)(C)C)C(=O)O. The van der Waals surface area contributed by atoms with E-state index in [-0.39, 0.29) is 32.2 Å². The number of esters is 2. The molecule has 418 valence electrons. The molecule has 1 N–H and O–H groups in total. The van der Waals surface area contributed by atoms with Crippen molar-refractivity contribution in [1.82, 2.24) is 0 Å². The molecule has 73 heavy (non-hydrogen) atoms. The fourth-order valence-electron chi connectivity index (χ4n) is 7.81. The zero-order chi connectivity index (χ0) is 53.4. The lowest BCUT2D eigenvalue weighted by Gasteiger charge is -2.25. The van der Waals surface area contributed by atoms with Crippen molar-refractivity contribution in [3.8, 4) is 0 Å². The normalized spacial score (nSPS) is 13.5. The lowest BCUT2D eigenvalue weighted by molar-refractivity contribution is -0.870. The van der Waals surface area contributed by atoms with E-state index in [9.17, 15) is 19.5 Å². The van der Waals surface area contributed by atoms with Gasteiger partial charge >= 0.3 is 17.9 Å². The maximum absolute atomic E-state index is 12.9. The molecule has 0 spiro atoms. The first-order valence-electron chi connectivity index (χ1n) is 29.4. The molecule has 0 heterocycles. The number of allylic oxidation sites excluding steroid dienone is 16. The second-order valence-electron chi connectivity index (χ2n) is 20.6. The number of unbranched alkanes of at least 4 members (excludes halogenated alkanes) is 22. The number of rotatable bonds is 53. The van der Waals surface area contributed by atoms with E-state index in [0.717, 1.165) is 103 Å². The average Bonchev–Trinajstić information content (AvgIpc) is 3.36. The molecule has 0 aromatic rings. The van der Waals surface area contributed by atoms with Gasteiger partial charge in [0.15, 0.2) is 6.10 Å². The predicted molar refractivity (Wildman–Crippen MR) is 309 cm³/mol. The predicted octanol–water partition coefficient (Wildman–Crippen LogP) is 17.3. The number of nitrogens with zero attached hydrogens (tertiary/aromatic N) is 1. The van der Waals surface area contributed by atoms with E-state index >= 15 is 0 Å². The Hall–Kier alpha value is -3.79. The first kappa shape index (κ1) is 69.2. The van der Waals surface area contributed by atoms with Gasteiger partial charge in [-0.2, -0.15) is 0 Å². The molecular weight excluding hydrogens is 911 g/mol. The topological polar surface area (TPSA) is 108 Å². The molecule has 0 aliphatic rings. The van der Waals surface area contributed by atoms with Crippen LogP contribution in [-0.2, 0) is 33.3 Å². The van der Waals surface area contributed by atoms with E-state index < -0.39 is 24.3 Å². The summed E-state index contributed by atoms with van der Waals surface area (Å²) in [6.07, 6.45) is 70.5. The molecule has 0 amide bonds. The number of likely N-dealkylation sites (N-methyl/N-ethyl adjacent to an activating group) is 1. The number of carbonyl (C=O) groups is 3. The molecule has 9 nitrogen and oxygen atoms in total. The Balaban J connectivity index is 4.31. The zero-order valence-electron chi connectivity index (χ0n) is 47.5. The van der Waals surface area contributed by atoms with Crippen LogP contribution in [0.25, 0.3) is 0 Å². The number of carbonyl (C=O) groups excluding carboxylic acids is 2. The summed E-state index contributed by atoms with van der Waals surface area (Å²) in [6, 6.07) is 0. The van der Waals surface area contributed by atoms with Gasteiger partial charge in [0.05, 0.1) is 34.4 Å². The number of quaternary nitrogens is 1. The van der Waals surface area contributed by atoms with E-state index in [1.54, 1.807) is 0 Å². The van der Waals surface area contributed by atoms with E-state index in [4.69, 9.17) is 18.9 Å². The van der Waals surface area contributed by atoms with E-state index in [1.807, 2.05) is 21.1 Å². The van der Waals surface area contributed by atoms with Crippen LogP contribution in [0.15, 0.2) is 97.2 Å². The van der Waals surface area contributed by atoms with Crippen molar-refractivity contribution in [2.45, 2.75) is 245 Å². The molecule has 0 radical (unpaired) electrons. The molecule has 0 bridgehead atoms. The third-order valence-electron chi connectivity index (χ3n) is 12.3. The van der Waals surface area contributed by atoms with Crippen LogP contribution in [-0.4, -0.2) is 87.4 Å². The third-order valence-corrected chi connectivity index (χ3v) is 12.3. The molecule has 2 unspecified atom stereocenters. The molecule has 0 rings (SSSR count). The highest BCUT2D eigenvalue weighted by atomic mass is 16.7. The van der Waals surface area contributed by atoms with Gasteiger partial charge in [-0.3, -0.25) is 9.59 Å². The number of hydrogen-bond donors (Lipinski definition) is 1. The van der Waals surface area contributed by atoms with Crippen LogP contribution in [0.2, 0.25) is 0 Å². The van der Waals surface area contributed by atoms with Gasteiger partial charge < -0.3 is 28.5 Å². The average molecular weight is 1020 g/mol. The summed E-state index contributed by atoms with van der Waals surface area (Å²) < 4.78 is 22.9. The number of ether oxygens (including phenoxy) is 4. The molecule has 0 aliphatic heterocycles. The van der Waals surface area contributed by atoms with Gasteiger partial charge in [-0.1, -0.05) is 220 Å². The van der Waals surface area contributed by atoms with Crippen molar-refractivity contribution in [3.63, 3.8) is 0 Å². The second kappa shape index (κ2) is 54.5. The highest BCUT2D eigenvalue weighted by Crippen LogP contribution is 2.15. The van der Waals surface area contributed by atoms with Crippen molar-refractivity contribution >= 4 is 17.9 Å². The Morgan fingerprint density at radius 1 is 0.425 bits per heavy atom. The van der Waals surface area contributed by atoms with Gasteiger partial charge in [-0.05, 0) is 96.3 Å². The van der Waals surface area contributed by atoms with Crippen molar-refractivity contribution < 1.29 is 42.9 Å². The van der Waals surface area contributed by atoms with Crippen LogP contribution in [0, 0.1) is 0 Å². The zero-order valence-corrected chi connectivity index (χ0v) is 47.5. The van der Waals surface area contributed by atoms with Crippen molar-refractivity contribution in [2.75, 3.05) is 47.5 Å². The maximum atomic E-state index is 12.9. The van der Waals surface area contributed by atoms with Crippen LogP contribution in [0.3, 0.4) is 0 Å². The molecule has 0 saturated carbocycles. The quantitative estimate of drug-likeness (QED) is 0.0211. The highest BCUT2D eigenvalue weighted by Gasteiger charge is 2.25. The van der Waals surface area contributed by atoms with Gasteiger partial charge in [0.1, 0.15) is 13.2 Å². The fraction of sp³-hybridized carbons (Fsp3) is 0.703. The highest BCUT2D eigenvalue weighted by molar-refractivity contribution is 5.71. The monoisotopic (exact) mass is 1020 g/mol. The Morgan fingerprint density at radius 2 is 0.781 bits per heavy atom. The summed E-state index contributed by atoms with van der Waals surface area (Å²) in [4.78, 5) is 37.5. The smallest absolute Gasteiger partial charge is 0.361 e. The lowest BCUT2D eigenvalue weighted by atomic mass is 10.0. The van der Waals surface area contributed by atoms with E-state index in [0.29, 0.717) is 23.9 Å². The van der Waals surface area contributed by atoms with Gasteiger partial charge in [0.25, 0.3) is 6.29 Å². The minimum Gasteiger partial charge on any atom is -0.477 e. The van der Waals surface area contributed by atoms with Crippen molar-refractivity contribution in [2.24, 2.45) is 0 Å². The third kappa shape index (κ3) is 55.8. The molecule has 0 fully saturated rings. The Bertz CT molecular complexity index is 1520. The van der Waals surface area contributed by atoms with Gasteiger partial charge in [-0.15, -0.1) is 0 Å². The Kier molecular flexibility index (Phi) is 51.6. The minimum absolute atomic E-state index is 0.179. The van der Waals surface area contributed by atoms with Crippen LogP contribution >= 0.6 is 0 Å². The summed E-state index contributed by atoms with van der Waals surface area (Å²) in [7, 11) is 5.96. The maximum Gasteiger partial charge on any atom is 0.361 e. The fourth-order valence-corrected chi connectivity index (χ4v) is 7.81. The number of carboxylic acid groups (broad SMARTS) is 1. The first-order chi connectivity index (χ1) is 35.6. The largest absolute Gasteiger partial charge is 0.477 e. The van der Waals surface area contributed by atoms with Gasteiger partial charge in [0.2, 0.25) is 0 Å². The molecule has 0 saturated heterocycles. The van der Waals surface area contributed by atoms with Crippen LogP contribution < -0.4 is 0 Å². The number of hydrogen-bond acceptors (Lipinski definition) is 7. The van der Waals surface area contributed by atoms with Crippen molar-refractivity contribution in [1.29, 1.82) is 0 Å². The molecule has 0 aromatic heterocycles. The minimum atomic E-state index is -1.52. The Morgan fingerprint density at radius 3 is 1.16 bits per heavy atom. The Labute approximate surface area is 448 Å². The summed E-state index contributed by atoms with van der Waals surface area (Å²) in [5.74, 6) is -2.03. The van der Waals surface area contributed by atoms with Gasteiger partial charge in [-0.25, -0.2) is 4.79 Å². The molecule has 9 heteroatoms. The van der Waals surface area contributed by atoms with Gasteiger partial charge in [0, 0.05) is 12.8 Å². The van der Waals surface area contributed by atoms with Crippen molar-refractivity contribution in [3.05, 3.63) is 97.2 Å². The first-order valence-corrected chi connectivity index (χ1v) is 29.4. The van der Waals surface area contributed by atoms with Crippen LogP contribution in [0.5, 0.6) is 0 Å². The summed E-state index contributed by atoms with van der Waals surface area (Å²) in [5, 5.41) is 9.71.